The molecule has 0 bridgehead atoms. The number of halogens is 1. The van der Waals surface area contributed by atoms with Crippen molar-refractivity contribution < 1.29 is 13.2 Å². The first-order valence-electron chi connectivity index (χ1n) is 9.09. The van der Waals surface area contributed by atoms with E-state index in [0.29, 0.717) is 44.6 Å². The Morgan fingerprint density at radius 3 is 2.40 bits per heavy atom. The first kappa shape index (κ1) is 24.9. The third-order valence-electron chi connectivity index (χ3n) is 4.87. The Bertz CT molecular complexity index is 491. The Hall–Kier alpha value is -0.0900. The average molecular weight is 489 g/mol. The van der Waals surface area contributed by atoms with Gasteiger partial charge in [0.1, 0.15) is 0 Å². The highest BCUT2D eigenvalue weighted by Gasteiger charge is 2.42. The van der Waals surface area contributed by atoms with Crippen molar-refractivity contribution in [1.29, 1.82) is 0 Å². The highest BCUT2D eigenvalue weighted by molar-refractivity contribution is 14.0. The van der Waals surface area contributed by atoms with Crippen molar-refractivity contribution in [3.05, 3.63) is 0 Å². The maximum atomic E-state index is 12.3. The molecule has 25 heavy (non-hydrogen) atoms. The Morgan fingerprint density at radius 1 is 1.24 bits per heavy atom. The van der Waals surface area contributed by atoms with Crippen LogP contribution in [-0.4, -0.2) is 58.2 Å². The van der Waals surface area contributed by atoms with Gasteiger partial charge in [-0.3, -0.25) is 4.99 Å². The summed E-state index contributed by atoms with van der Waals surface area (Å²) < 4.78 is 29.1. The summed E-state index contributed by atoms with van der Waals surface area (Å²) in [6.07, 6.45) is 8.44. The van der Waals surface area contributed by atoms with Crippen LogP contribution in [0.15, 0.2) is 4.99 Å². The summed E-state index contributed by atoms with van der Waals surface area (Å²) in [5, 5.41) is 6.59. The van der Waals surface area contributed by atoms with Gasteiger partial charge >= 0.3 is 0 Å². The molecule has 1 fully saturated rings. The van der Waals surface area contributed by atoms with E-state index < -0.39 is 14.6 Å². The van der Waals surface area contributed by atoms with E-state index in [-0.39, 0.29) is 24.0 Å². The molecule has 150 valence electrons. The van der Waals surface area contributed by atoms with E-state index in [1.54, 1.807) is 7.05 Å². The van der Waals surface area contributed by atoms with Gasteiger partial charge in [0.05, 0.1) is 4.75 Å². The fraction of sp³-hybridized carbons (Fsp3) is 0.941. The van der Waals surface area contributed by atoms with Gasteiger partial charge < -0.3 is 15.4 Å². The Kier molecular flexibility index (Phi) is 12.3. The predicted octanol–water partition coefficient (Wildman–Crippen LogP) is 2.72. The molecule has 1 aliphatic heterocycles. The number of nitrogens with zero attached hydrogens (tertiary/aromatic N) is 1. The van der Waals surface area contributed by atoms with E-state index in [1.807, 2.05) is 0 Å². The Balaban J connectivity index is 0.00000576. The standard InChI is InChI=1S/C17H35N3O3S.HI/c1-5-6-7-8-9-15(2)20-16(18-3)19-14-17(24(4,21)22)10-12-23-13-11-17;/h15H,5-14H2,1-4H3,(H2,18,19,20);1H. The number of rotatable bonds is 9. The van der Waals surface area contributed by atoms with Crippen LogP contribution in [0.3, 0.4) is 0 Å². The van der Waals surface area contributed by atoms with E-state index in [1.165, 1.54) is 31.9 Å². The normalized spacial score (nSPS) is 19.0. The highest BCUT2D eigenvalue weighted by Crippen LogP contribution is 2.28. The van der Waals surface area contributed by atoms with Crippen molar-refractivity contribution in [2.45, 2.75) is 69.6 Å². The van der Waals surface area contributed by atoms with E-state index in [9.17, 15) is 8.42 Å². The van der Waals surface area contributed by atoms with Crippen molar-refractivity contribution >= 4 is 39.8 Å². The largest absolute Gasteiger partial charge is 0.381 e. The zero-order valence-corrected chi connectivity index (χ0v) is 19.3. The molecule has 1 atom stereocenters. The molecule has 1 unspecified atom stereocenters. The summed E-state index contributed by atoms with van der Waals surface area (Å²) in [5.41, 5.74) is 0. The molecule has 0 amide bonds. The van der Waals surface area contributed by atoms with Crippen LogP contribution in [0.5, 0.6) is 0 Å². The second-order valence-electron chi connectivity index (χ2n) is 6.89. The molecule has 1 saturated heterocycles. The van der Waals surface area contributed by atoms with Crippen LogP contribution in [0.25, 0.3) is 0 Å². The molecule has 0 aliphatic carbocycles. The van der Waals surface area contributed by atoms with Crippen LogP contribution in [0.1, 0.15) is 58.8 Å². The smallest absolute Gasteiger partial charge is 0.191 e. The molecule has 0 aromatic heterocycles. The summed E-state index contributed by atoms with van der Waals surface area (Å²) in [6, 6.07) is 0.317. The second-order valence-corrected chi connectivity index (χ2v) is 9.30. The summed E-state index contributed by atoms with van der Waals surface area (Å²) in [4.78, 5) is 4.24. The van der Waals surface area contributed by atoms with E-state index >= 15 is 0 Å². The van der Waals surface area contributed by atoms with Gasteiger partial charge in [0.2, 0.25) is 0 Å². The average Bonchev–Trinajstić information content (AvgIpc) is 2.55. The van der Waals surface area contributed by atoms with Gasteiger partial charge in [0.15, 0.2) is 15.8 Å². The van der Waals surface area contributed by atoms with Crippen LogP contribution in [-0.2, 0) is 14.6 Å². The first-order valence-corrected chi connectivity index (χ1v) is 11.0. The zero-order chi connectivity index (χ0) is 18.1. The van der Waals surface area contributed by atoms with Crippen molar-refractivity contribution in [3.63, 3.8) is 0 Å². The third kappa shape index (κ3) is 8.43. The number of nitrogens with one attached hydrogen (secondary N) is 2. The molecule has 0 aromatic carbocycles. The molecule has 6 nitrogen and oxygen atoms in total. The lowest BCUT2D eigenvalue weighted by Gasteiger charge is -2.36. The molecule has 1 heterocycles. The monoisotopic (exact) mass is 489 g/mol. The second kappa shape index (κ2) is 12.3. The topological polar surface area (TPSA) is 79.8 Å². The van der Waals surface area contributed by atoms with Crippen molar-refractivity contribution in [3.8, 4) is 0 Å². The number of ether oxygens (including phenoxy) is 1. The van der Waals surface area contributed by atoms with E-state index in [0.717, 1.165) is 6.42 Å². The highest BCUT2D eigenvalue weighted by atomic mass is 127. The summed E-state index contributed by atoms with van der Waals surface area (Å²) in [7, 11) is -1.45. The lowest BCUT2D eigenvalue weighted by molar-refractivity contribution is 0.0756. The molecule has 0 saturated carbocycles. The van der Waals surface area contributed by atoms with E-state index in [2.05, 4.69) is 29.5 Å². The fourth-order valence-electron chi connectivity index (χ4n) is 3.04. The summed E-state index contributed by atoms with van der Waals surface area (Å²) in [6.45, 7) is 5.71. The number of hydrogen-bond donors (Lipinski definition) is 2. The Labute approximate surface area is 170 Å². The molecule has 0 aromatic rings. The number of guanidine groups is 1. The molecular formula is C17H36IN3O3S. The zero-order valence-electron chi connectivity index (χ0n) is 16.1. The van der Waals surface area contributed by atoms with Gasteiger partial charge in [-0.25, -0.2) is 8.42 Å². The minimum Gasteiger partial charge on any atom is -0.381 e. The van der Waals surface area contributed by atoms with Crippen LogP contribution in [0.2, 0.25) is 0 Å². The lowest BCUT2D eigenvalue weighted by Crippen LogP contribution is -2.54. The molecule has 2 N–H and O–H groups in total. The lowest BCUT2D eigenvalue weighted by atomic mass is 9.99. The summed E-state index contributed by atoms with van der Waals surface area (Å²) >= 11 is 0. The molecule has 1 aliphatic rings. The van der Waals surface area contributed by atoms with Gasteiger partial charge in [-0.1, -0.05) is 32.6 Å². The summed E-state index contributed by atoms with van der Waals surface area (Å²) in [5.74, 6) is 0.674. The fourth-order valence-corrected chi connectivity index (χ4v) is 4.29. The van der Waals surface area contributed by atoms with Crippen LogP contribution in [0.4, 0.5) is 0 Å². The van der Waals surface area contributed by atoms with Gasteiger partial charge in [-0.05, 0) is 26.2 Å². The number of sulfone groups is 1. The Morgan fingerprint density at radius 2 is 1.88 bits per heavy atom. The van der Waals surface area contributed by atoms with Crippen molar-refractivity contribution in [2.24, 2.45) is 4.99 Å². The SMILES string of the molecule is CCCCCCC(C)NC(=NC)NCC1(S(C)(=O)=O)CCOCC1.I. The van der Waals surface area contributed by atoms with Gasteiger partial charge in [0.25, 0.3) is 0 Å². The third-order valence-corrected chi connectivity index (χ3v) is 6.99. The maximum absolute atomic E-state index is 12.3. The predicted molar refractivity (Wildman–Crippen MR) is 116 cm³/mol. The molecule has 0 radical (unpaired) electrons. The van der Waals surface area contributed by atoms with Gasteiger partial charge in [-0.15, -0.1) is 24.0 Å². The quantitative estimate of drug-likeness (QED) is 0.225. The number of unbranched alkanes of at least 4 members (excludes halogenated alkanes) is 3. The minimum absolute atomic E-state index is 0. The van der Waals surface area contributed by atoms with Gasteiger partial charge in [-0.2, -0.15) is 0 Å². The van der Waals surface area contributed by atoms with Gasteiger partial charge in [0, 0.05) is 39.1 Å². The molecule has 1 rings (SSSR count). The number of aliphatic imine (C=N–C) groups is 1. The maximum Gasteiger partial charge on any atom is 0.191 e. The van der Waals surface area contributed by atoms with Crippen molar-refractivity contribution in [2.75, 3.05) is 33.1 Å². The van der Waals surface area contributed by atoms with Crippen molar-refractivity contribution in [1.82, 2.24) is 10.6 Å². The van der Waals surface area contributed by atoms with Crippen LogP contribution in [0, 0.1) is 0 Å². The van der Waals surface area contributed by atoms with Crippen LogP contribution >= 0.6 is 24.0 Å². The number of hydrogen-bond acceptors (Lipinski definition) is 4. The molecule has 8 heteroatoms. The van der Waals surface area contributed by atoms with E-state index in [4.69, 9.17) is 4.74 Å². The van der Waals surface area contributed by atoms with Crippen LogP contribution < -0.4 is 10.6 Å². The minimum atomic E-state index is -3.17. The molecular weight excluding hydrogens is 453 g/mol. The molecule has 0 spiro atoms. The first-order chi connectivity index (χ1) is 11.3.